The molecule has 0 radical (unpaired) electrons. The number of quaternary nitrogens is 1. The maximum Gasteiger partial charge on any atom is 0.101 e. The van der Waals surface area contributed by atoms with Crippen LogP contribution in [-0.4, -0.2) is 6.54 Å². The first-order chi connectivity index (χ1) is 11.9. The van der Waals surface area contributed by atoms with E-state index in [1.165, 1.54) is 89.2 Å². The minimum absolute atomic E-state index is 0. The number of hydrogen-bond donors (Lipinski definition) is 1. The summed E-state index contributed by atoms with van der Waals surface area (Å²) in [6, 6.07) is 10.8. The predicted molar refractivity (Wildman–Crippen MR) is 107 cm³/mol. The number of nitrogens with two attached hydrogens (primary N) is 1. The van der Waals surface area contributed by atoms with Gasteiger partial charge < -0.3 is 17.7 Å². The highest BCUT2D eigenvalue weighted by atomic mass is 35.5. The van der Waals surface area contributed by atoms with E-state index in [1.807, 2.05) is 0 Å². The molecule has 2 N–H and O–H groups in total. The van der Waals surface area contributed by atoms with Gasteiger partial charge in [-0.1, -0.05) is 108 Å². The van der Waals surface area contributed by atoms with Crippen molar-refractivity contribution in [2.24, 2.45) is 5.92 Å². The Morgan fingerprint density at radius 2 is 1.24 bits per heavy atom. The third-order valence-corrected chi connectivity index (χ3v) is 5.40. The number of benzene rings is 1. The first-order valence-corrected chi connectivity index (χ1v) is 10.7. The minimum atomic E-state index is 0. The zero-order valence-electron chi connectivity index (χ0n) is 16.8. The number of unbranched alkanes of at least 4 members (excludes halogenated alkanes) is 8. The summed E-state index contributed by atoms with van der Waals surface area (Å²) in [5, 5.41) is 2.45. The summed E-state index contributed by atoms with van der Waals surface area (Å²) in [7, 11) is 0. The summed E-state index contributed by atoms with van der Waals surface area (Å²) in [6.45, 7) is 7.10. The highest BCUT2D eigenvalue weighted by molar-refractivity contribution is 5.12. The lowest BCUT2D eigenvalue weighted by Crippen LogP contribution is -3.00. The minimum Gasteiger partial charge on any atom is -1.00 e. The molecule has 25 heavy (non-hydrogen) atoms. The van der Waals surface area contributed by atoms with E-state index in [-0.39, 0.29) is 12.4 Å². The summed E-state index contributed by atoms with van der Waals surface area (Å²) in [6.07, 6.45) is 17.2. The molecule has 0 aliphatic rings. The van der Waals surface area contributed by atoms with Crippen LogP contribution < -0.4 is 17.7 Å². The van der Waals surface area contributed by atoms with Gasteiger partial charge in [0.2, 0.25) is 0 Å². The fourth-order valence-electron chi connectivity index (χ4n) is 3.54. The van der Waals surface area contributed by atoms with E-state index < -0.39 is 0 Å². The Kier molecular flexibility index (Phi) is 17.9. The van der Waals surface area contributed by atoms with Crippen LogP contribution >= 0.6 is 0 Å². The van der Waals surface area contributed by atoms with Gasteiger partial charge in [0.15, 0.2) is 0 Å². The third kappa shape index (κ3) is 14.3. The molecule has 0 bridgehead atoms. The molecule has 0 unspecified atom stereocenters. The fraction of sp³-hybridized carbons (Fsp3) is 0.739. The molecule has 0 aliphatic heterocycles. The average molecular weight is 368 g/mol. The zero-order chi connectivity index (χ0) is 17.3. The summed E-state index contributed by atoms with van der Waals surface area (Å²) in [5.74, 6) is 0.990. The molecular formula is C23H42ClN. The SMILES string of the molecule is CCC(CC)CCCCCCCCCCC[NH2+]Cc1ccccc1.[Cl-]. The Bertz CT molecular complexity index is 362. The van der Waals surface area contributed by atoms with Gasteiger partial charge in [0, 0.05) is 5.56 Å². The summed E-state index contributed by atoms with van der Waals surface area (Å²) < 4.78 is 0. The highest BCUT2D eigenvalue weighted by Gasteiger charge is 2.02. The Balaban J connectivity index is 0.00000576. The van der Waals surface area contributed by atoms with E-state index in [1.54, 1.807) is 0 Å². The predicted octanol–water partition coefficient (Wildman–Crippen LogP) is 3.09. The molecule has 0 heterocycles. The van der Waals surface area contributed by atoms with Gasteiger partial charge in [-0.3, -0.25) is 0 Å². The van der Waals surface area contributed by atoms with Gasteiger partial charge in [0.25, 0.3) is 0 Å². The van der Waals surface area contributed by atoms with E-state index in [9.17, 15) is 0 Å². The maximum atomic E-state index is 2.45. The number of halogens is 1. The lowest BCUT2D eigenvalue weighted by Gasteiger charge is -2.11. The lowest BCUT2D eigenvalue weighted by molar-refractivity contribution is -0.671. The van der Waals surface area contributed by atoms with Crippen molar-refractivity contribution < 1.29 is 17.7 Å². The molecule has 0 aromatic heterocycles. The Hall–Kier alpha value is -0.530. The van der Waals surface area contributed by atoms with E-state index >= 15 is 0 Å². The van der Waals surface area contributed by atoms with Crippen LogP contribution in [0.1, 0.15) is 96.5 Å². The van der Waals surface area contributed by atoms with Gasteiger partial charge in [0.05, 0.1) is 6.54 Å². The van der Waals surface area contributed by atoms with Crippen molar-refractivity contribution in [1.82, 2.24) is 0 Å². The van der Waals surface area contributed by atoms with Crippen molar-refractivity contribution in [2.75, 3.05) is 6.54 Å². The van der Waals surface area contributed by atoms with E-state index in [4.69, 9.17) is 0 Å². The van der Waals surface area contributed by atoms with Crippen LogP contribution in [0.3, 0.4) is 0 Å². The highest BCUT2D eigenvalue weighted by Crippen LogP contribution is 2.18. The van der Waals surface area contributed by atoms with E-state index in [0.717, 1.165) is 12.5 Å². The maximum absolute atomic E-state index is 2.45. The second-order valence-corrected chi connectivity index (χ2v) is 7.42. The zero-order valence-corrected chi connectivity index (χ0v) is 17.6. The molecule has 0 spiro atoms. The molecule has 1 aromatic rings. The molecule has 1 nitrogen and oxygen atoms in total. The number of hydrogen-bond acceptors (Lipinski definition) is 0. The summed E-state index contributed by atoms with van der Waals surface area (Å²) in [4.78, 5) is 0. The molecule has 0 amide bonds. The van der Waals surface area contributed by atoms with Crippen LogP contribution in [0.2, 0.25) is 0 Å². The van der Waals surface area contributed by atoms with Crippen LogP contribution in [0.5, 0.6) is 0 Å². The Morgan fingerprint density at radius 1 is 0.720 bits per heavy atom. The average Bonchev–Trinajstić information content (AvgIpc) is 2.63. The first kappa shape index (κ1) is 24.5. The monoisotopic (exact) mass is 367 g/mol. The van der Waals surface area contributed by atoms with Crippen molar-refractivity contribution in [3.63, 3.8) is 0 Å². The van der Waals surface area contributed by atoms with Crippen molar-refractivity contribution in [1.29, 1.82) is 0 Å². The Morgan fingerprint density at radius 3 is 1.80 bits per heavy atom. The van der Waals surface area contributed by atoms with Crippen LogP contribution in [0.4, 0.5) is 0 Å². The molecule has 0 aliphatic carbocycles. The van der Waals surface area contributed by atoms with Crippen molar-refractivity contribution in [3.05, 3.63) is 35.9 Å². The van der Waals surface area contributed by atoms with Crippen LogP contribution in [-0.2, 0) is 6.54 Å². The van der Waals surface area contributed by atoms with Gasteiger partial charge >= 0.3 is 0 Å². The molecule has 146 valence electrons. The molecule has 2 heteroatoms. The van der Waals surface area contributed by atoms with Gasteiger partial charge in [-0.25, -0.2) is 0 Å². The quantitative estimate of drug-likeness (QED) is 0.432. The third-order valence-electron chi connectivity index (χ3n) is 5.40. The molecule has 0 saturated carbocycles. The number of rotatable bonds is 16. The molecule has 1 aromatic carbocycles. The van der Waals surface area contributed by atoms with Crippen molar-refractivity contribution in [2.45, 2.75) is 97.4 Å². The molecular weight excluding hydrogens is 326 g/mol. The van der Waals surface area contributed by atoms with Crippen molar-refractivity contribution in [3.8, 4) is 0 Å². The van der Waals surface area contributed by atoms with E-state index in [0.29, 0.717) is 0 Å². The van der Waals surface area contributed by atoms with Gasteiger partial charge in [-0.15, -0.1) is 0 Å². The van der Waals surface area contributed by atoms with Crippen LogP contribution in [0.25, 0.3) is 0 Å². The lowest BCUT2D eigenvalue weighted by atomic mass is 9.95. The topological polar surface area (TPSA) is 16.6 Å². The second-order valence-electron chi connectivity index (χ2n) is 7.42. The van der Waals surface area contributed by atoms with Crippen LogP contribution in [0.15, 0.2) is 30.3 Å². The smallest absolute Gasteiger partial charge is 0.101 e. The fourth-order valence-corrected chi connectivity index (χ4v) is 3.54. The molecule has 0 atom stereocenters. The molecule has 1 rings (SSSR count). The van der Waals surface area contributed by atoms with Crippen LogP contribution in [0, 0.1) is 5.92 Å². The standard InChI is InChI=1S/C23H41N.ClH/c1-3-22(4-2)17-13-10-8-6-5-7-9-11-16-20-24-21-23-18-14-12-15-19-23;/h12,14-15,18-19,22,24H,3-11,13,16-17,20-21H2,1-2H3;1H. The first-order valence-electron chi connectivity index (χ1n) is 10.7. The van der Waals surface area contributed by atoms with E-state index in [2.05, 4.69) is 49.5 Å². The molecule has 0 fully saturated rings. The van der Waals surface area contributed by atoms with Gasteiger partial charge in [0.1, 0.15) is 6.54 Å². The normalized spacial score (nSPS) is 10.8. The Labute approximate surface area is 163 Å². The summed E-state index contributed by atoms with van der Waals surface area (Å²) in [5.41, 5.74) is 1.45. The largest absolute Gasteiger partial charge is 1.00 e. The van der Waals surface area contributed by atoms with Crippen molar-refractivity contribution >= 4 is 0 Å². The second kappa shape index (κ2) is 18.3. The summed E-state index contributed by atoms with van der Waals surface area (Å²) >= 11 is 0. The van der Waals surface area contributed by atoms with Gasteiger partial charge in [-0.2, -0.15) is 0 Å². The van der Waals surface area contributed by atoms with Gasteiger partial charge in [-0.05, 0) is 18.8 Å². The molecule has 0 saturated heterocycles.